The van der Waals surface area contributed by atoms with E-state index in [1.54, 1.807) is 0 Å². The molecule has 0 spiro atoms. The van der Waals surface area contributed by atoms with Crippen LogP contribution in [0.25, 0.3) is 11.1 Å². The van der Waals surface area contributed by atoms with Crippen molar-refractivity contribution in [1.82, 2.24) is 0 Å². The number of phenols is 1. The normalized spacial score (nSPS) is 10.4. The number of hydrogen-bond donors (Lipinski definition) is 1. The van der Waals surface area contributed by atoms with Crippen LogP contribution in [-0.4, -0.2) is 5.11 Å². The molecule has 0 bridgehead atoms. The van der Waals surface area contributed by atoms with E-state index in [4.69, 9.17) is 11.6 Å². The fourth-order valence-corrected chi connectivity index (χ4v) is 1.58. The predicted molar refractivity (Wildman–Crippen MR) is 58.5 cm³/mol. The summed E-state index contributed by atoms with van der Waals surface area (Å²) in [5, 5.41) is 9.48. The van der Waals surface area contributed by atoms with Gasteiger partial charge in [-0.2, -0.15) is 0 Å². The first kappa shape index (κ1) is 10.9. The molecule has 4 heteroatoms. The molecule has 0 saturated heterocycles. The molecule has 2 aromatic carbocycles. The van der Waals surface area contributed by atoms with Crippen molar-refractivity contribution in [3.63, 3.8) is 0 Å². The molecule has 2 aromatic rings. The molecule has 16 heavy (non-hydrogen) atoms. The third kappa shape index (κ3) is 1.99. The summed E-state index contributed by atoms with van der Waals surface area (Å²) in [6.07, 6.45) is 0. The number of aromatic hydroxyl groups is 1. The van der Waals surface area contributed by atoms with E-state index in [0.717, 1.165) is 6.07 Å². The van der Waals surface area contributed by atoms with Crippen molar-refractivity contribution < 1.29 is 13.9 Å². The standard InChI is InChI=1S/C12H7ClF2O/c13-10-5-7(1-3-11(10)15)9-6-8(14)2-4-12(9)16/h1-6,16H. The Bertz CT molecular complexity index is 541. The summed E-state index contributed by atoms with van der Waals surface area (Å²) >= 11 is 5.61. The van der Waals surface area contributed by atoms with Crippen LogP contribution in [0.1, 0.15) is 0 Å². The summed E-state index contributed by atoms with van der Waals surface area (Å²) < 4.78 is 25.9. The lowest BCUT2D eigenvalue weighted by Crippen LogP contribution is -1.84. The molecule has 0 fully saturated rings. The SMILES string of the molecule is Oc1ccc(F)cc1-c1ccc(F)c(Cl)c1. The van der Waals surface area contributed by atoms with E-state index in [0.29, 0.717) is 5.56 Å². The van der Waals surface area contributed by atoms with E-state index in [1.807, 2.05) is 0 Å². The van der Waals surface area contributed by atoms with Crippen LogP contribution in [0, 0.1) is 11.6 Å². The van der Waals surface area contributed by atoms with Crippen molar-refractivity contribution in [2.45, 2.75) is 0 Å². The Balaban J connectivity index is 2.58. The van der Waals surface area contributed by atoms with Gasteiger partial charge in [0, 0.05) is 5.56 Å². The first-order chi connectivity index (χ1) is 7.58. The zero-order valence-corrected chi connectivity index (χ0v) is 8.80. The molecular weight excluding hydrogens is 234 g/mol. The van der Waals surface area contributed by atoms with Gasteiger partial charge >= 0.3 is 0 Å². The molecule has 0 aliphatic rings. The van der Waals surface area contributed by atoms with Crippen molar-refractivity contribution in [2.75, 3.05) is 0 Å². The Labute approximate surface area is 95.9 Å². The van der Waals surface area contributed by atoms with E-state index in [1.165, 1.54) is 30.3 Å². The van der Waals surface area contributed by atoms with Gasteiger partial charge in [-0.1, -0.05) is 17.7 Å². The monoisotopic (exact) mass is 240 g/mol. The molecule has 0 aromatic heterocycles. The van der Waals surface area contributed by atoms with Crippen LogP contribution in [0.2, 0.25) is 5.02 Å². The maximum absolute atomic E-state index is 13.0. The Morgan fingerprint density at radius 2 is 1.75 bits per heavy atom. The third-order valence-electron chi connectivity index (χ3n) is 2.19. The van der Waals surface area contributed by atoms with E-state index >= 15 is 0 Å². The van der Waals surface area contributed by atoms with Crippen molar-refractivity contribution in [1.29, 1.82) is 0 Å². The molecular formula is C12H7ClF2O. The van der Waals surface area contributed by atoms with Gasteiger partial charge in [-0.25, -0.2) is 8.78 Å². The highest BCUT2D eigenvalue weighted by molar-refractivity contribution is 6.31. The quantitative estimate of drug-likeness (QED) is 0.799. The zero-order valence-electron chi connectivity index (χ0n) is 8.05. The van der Waals surface area contributed by atoms with Gasteiger partial charge in [-0.05, 0) is 35.9 Å². The Kier molecular flexibility index (Phi) is 2.79. The smallest absolute Gasteiger partial charge is 0.141 e. The first-order valence-electron chi connectivity index (χ1n) is 4.52. The molecule has 0 heterocycles. The number of rotatable bonds is 1. The van der Waals surface area contributed by atoms with Crippen molar-refractivity contribution >= 4 is 11.6 Å². The number of phenolic OH excluding ortho intramolecular Hbond substituents is 1. The lowest BCUT2D eigenvalue weighted by atomic mass is 10.0. The molecule has 2 rings (SSSR count). The van der Waals surface area contributed by atoms with Gasteiger partial charge in [0.2, 0.25) is 0 Å². The van der Waals surface area contributed by atoms with Gasteiger partial charge < -0.3 is 5.11 Å². The van der Waals surface area contributed by atoms with Crippen LogP contribution in [0.15, 0.2) is 36.4 Å². The molecule has 1 N–H and O–H groups in total. The molecule has 0 aliphatic carbocycles. The van der Waals surface area contributed by atoms with Crippen LogP contribution in [0.4, 0.5) is 8.78 Å². The topological polar surface area (TPSA) is 20.2 Å². The molecule has 0 aliphatic heterocycles. The van der Waals surface area contributed by atoms with Crippen LogP contribution in [0.3, 0.4) is 0 Å². The maximum atomic E-state index is 13.0. The highest BCUT2D eigenvalue weighted by Crippen LogP contribution is 2.31. The summed E-state index contributed by atoms with van der Waals surface area (Å²) in [5.41, 5.74) is 0.741. The maximum Gasteiger partial charge on any atom is 0.141 e. The zero-order chi connectivity index (χ0) is 11.7. The van der Waals surface area contributed by atoms with E-state index in [2.05, 4.69) is 0 Å². The minimum Gasteiger partial charge on any atom is -0.507 e. The summed E-state index contributed by atoms with van der Waals surface area (Å²) in [6.45, 7) is 0. The second-order valence-corrected chi connectivity index (χ2v) is 3.70. The molecule has 1 nitrogen and oxygen atoms in total. The van der Waals surface area contributed by atoms with Crippen molar-refractivity contribution in [3.8, 4) is 16.9 Å². The van der Waals surface area contributed by atoms with Gasteiger partial charge in [0.25, 0.3) is 0 Å². The fraction of sp³-hybridized carbons (Fsp3) is 0. The molecule has 0 amide bonds. The average Bonchev–Trinajstić information content (AvgIpc) is 2.26. The minimum absolute atomic E-state index is 0.0684. The van der Waals surface area contributed by atoms with Gasteiger partial charge in [-0.3, -0.25) is 0 Å². The summed E-state index contributed by atoms with van der Waals surface area (Å²) in [5.74, 6) is -1.11. The first-order valence-corrected chi connectivity index (χ1v) is 4.89. The van der Waals surface area contributed by atoms with E-state index in [-0.39, 0.29) is 16.3 Å². The van der Waals surface area contributed by atoms with Gasteiger partial charge in [0.05, 0.1) is 5.02 Å². The Morgan fingerprint density at radius 1 is 1.00 bits per heavy atom. The second kappa shape index (κ2) is 4.10. The van der Waals surface area contributed by atoms with Gasteiger partial charge in [-0.15, -0.1) is 0 Å². The minimum atomic E-state index is -0.554. The lowest BCUT2D eigenvalue weighted by molar-refractivity contribution is 0.475. The molecule has 0 atom stereocenters. The molecule has 0 radical (unpaired) electrons. The van der Waals surface area contributed by atoms with Crippen molar-refractivity contribution in [3.05, 3.63) is 53.1 Å². The van der Waals surface area contributed by atoms with Gasteiger partial charge in [0.1, 0.15) is 17.4 Å². The summed E-state index contributed by atoms with van der Waals surface area (Å²) in [6, 6.07) is 7.48. The highest BCUT2D eigenvalue weighted by Gasteiger charge is 2.08. The number of benzene rings is 2. The molecule has 0 saturated carbocycles. The van der Waals surface area contributed by atoms with Crippen molar-refractivity contribution in [2.24, 2.45) is 0 Å². The van der Waals surface area contributed by atoms with E-state index < -0.39 is 11.6 Å². The number of hydrogen-bond acceptors (Lipinski definition) is 1. The van der Waals surface area contributed by atoms with Gasteiger partial charge in [0.15, 0.2) is 0 Å². The highest BCUT2D eigenvalue weighted by atomic mass is 35.5. The molecule has 82 valence electrons. The lowest BCUT2D eigenvalue weighted by Gasteiger charge is -2.05. The van der Waals surface area contributed by atoms with Crippen LogP contribution >= 0.6 is 11.6 Å². The van der Waals surface area contributed by atoms with Crippen LogP contribution in [0.5, 0.6) is 5.75 Å². The fourth-order valence-electron chi connectivity index (χ4n) is 1.40. The number of halogens is 3. The summed E-state index contributed by atoms with van der Waals surface area (Å²) in [7, 11) is 0. The third-order valence-corrected chi connectivity index (χ3v) is 2.48. The van der Waals surface area contributed by atoms with Crippen LogP contribution in [-0.2, 0) is 0 Å². The predicted octanol–water partition coefficient (Wildman–Crippen LogP) is 3.99. The summed E-state index contributed by atoms with van der Waals surface area (Å²) in [4.78, 5) is 0. The second-order valence-electron chi connectivity index (χ2n) is 3.29. The van der Waals surface area contributed by atoms with Crippen LogP contribution < -0.4 is 0 Å². The largest absolute Gasteiger partial charge is 0.507 e. The van der Waals surface area contributed by atoms with E-state index in [9.17, 15) is 13.9 Å². The molecule has 0 unspecified atom stereocenters. The Morgan fingerprint density at radius 3 is 2.44 bits per heavy atom. The average molecular weight is 241 g/mol. The Hall–Kier alpha value is -1.61.